The lowest BCUT2D eigenvalue weighted by atomic mass is 10.3. The molecule has 0 unspecified atom stereocenters. The topological polar surface area (TPSA) is 115 Å². The van der Waals surface area contributed by atoms with Gasteiger partial charge in [0, 0.05) is 18.8 Å². The number of urea groups is 1. The number of hydrogen-bond donors (Lipinski definition) is 4. The summed E-state index contributed by atoms with van der Waals surface area (Å²) in [7, 11) is 0. The summed E-state index contributed by atoms with van der Waals surface area (Å²) in [5.74, 6) is -1.38. The van der Waals surface area contributed by atoms with E-state index in [0.29, 0.717) is 18.8 Å². The number of nitrogens with zero attached hydrogens (tertiary/aromatic N) is 1. The number of carboxylic acids is 1. The Morgan fingerprint density at radius 1 is 1.47 bits per heavy atom. The molecule has 8 nitrogen and oxygen atoms in total. The van der Waals surface area contributed by atoms with Crippen LogP contribution in [0.1, 0.15) is 16.2 Å². The Morgan fingerprint density at radius 2 is 2.21 bits per heavy atom. The minimum Gasteiger partial charge on any atom is -0.477 e. The molecular weight excluding hydrogens is 252 g/mol. The minimum atomic E-state index is -1.15. The number of anilines is 1. The Labute approximate surface area is 108 Å². The van der Waals surface area contributed by atoms with Gasteiger partial charge >= 0.3 is 12.0 Å². The Kier molecular flexibility index (Phi) is 3.41. The van der Waals surface area contributed by atoms with Crippen LogP contribution < -0.4 is 10.6 Å². The highest BCUT2D eigenvalue weighted by atomic mass is 16.4. The molecule has 0 aliphatic carbocycles. The summed E-state index contributed by atoms with van der Waals surface area (Å²) in [5, 5.41) is 14.1. The summed E-state index contributed by atoms with van der Waals surface area (Å²) in [6, 6.07) is 1.04. The fraction of sp³-hybridized carbons (Fsp3) is 0.364. The molecule has 0 radical (unpaired) electrons. The summed E-state index contributed by atoms with van der Waals surface area (Å²) >= 11 is 0. The second-order valence-corrected chi connectivity index (χ2v) is 4.25. The number of hydrogen-bond acceptors (Lipinski definition) is 3. The van der Waals surface area contributed by atoms with E-state index >= 15 is 0 Å². The number of aromatic amines is 1. The number of aromatic carboxylic acids is 1. The third-order valence-electron chi connectivity index (χ3n) is 2.73. The van der Waals surface area contributed by atoms with Gasteiger partial charge in [-0.15, -0.1) is 0 Å². The van der Waals surface area contributed by atoms with Crippen molar-refractivity contribution in [2.75, 3.05) is 25.0 Å². The number of carboxylic acid groups (broad SMARTS) is 1. The molecule has 2 heterocycles. The van der Waals surface area contributed by atoms with Crippen LogP contribution >= 0.6 is 0 Å². The zero-order chi connectivity index (χ0) is 14.0. The maximum absolute atomic E-state index is 11.9. The van der Waals surface area contributed by atoms with Gasteiger partial charge in [0.25, 0.3) is 0 Å². The number of aromatic nitrogens is 1. The van der Waals surface area contributed by atoms with Crippen molar-refractivity contribution in [3.63, 3.8) is 0 Å². The van der Waals surface area contributed by atoms with E-state index in [2.05, 4.69) is 15.6 Å². The van der Waals surface area contributed by atoms with E-state index in [4.69, 9.17) is 5.11 Å². The normalized spacial score (nSPS) is 15.0. The standard InChI is InChI=1S/C11H14N4O4/c1-6-4-7(9(13-6)10(17)18)14-11(19)15-3-2-12-8(16)5-15/h4,13H,2-3,5H2,1H3,(H,12,16)(H,14,19)(H,17,18). The van der Waals surface area contributed by atoms with Crippen molar-refractivity contribution in [2.24, 2.45) is 0 Å². The van der Waals surface area contributed by atoms with Crippen LogP contribution in [0.3, 0.4) is 0 Å². The molecule has 8 heteroatoms. The quantitative estimate of drug-likeness (QED) is 0.602. The third kappa shape index (κ3) is 2.84. The Bertz CT molecular complexity index is 537. The van der Waals surface area contributed by atoms with Crippen molar-refractivity contribution in [3.05, 3.63) is 17.5 Å². The minimum absolute atomic E-state index is 0.0301. The second-order valence-electron chi connectivity index (χ2n) is 4.25. The lowest BCUT2D eigenvalue weighted by molar-refractivity contribution is -0.123. The van der Waals surface area contributed by atoms with Gasteiger partial charge in [-0.3, -0.25) is 4.79 Å². The second kappa shape index (κ2) is 5.01. The summed E-state index contributed by atoms with van der Waals surface area (Å²) in [4.78, 5) is 38.1. The Hall–Kier alpha value is -2.51. The van der Waals surface area contributed by atoms with Gasteiger partial charge in [-0.25, -0.2) is 9.59 Å². The lowest BCUT2D eigenvalue weighted by Gasteiger charge is -2.26. The van der Waals surface area contributed by atoms with E-state index in [9.17, 15) is 14.4 Å². The Balaban J connectivity index is 2.10. The summed E-state index contributed by atoms with van der Waals surface area (Å²) < 4.78 is 0. The van der Waals surface area contributed by atoms with E-state index in [1.807, 2.05) is 0 Å². The van der Waals surface area contributed by atoms with E-state index in [0.717, 1.165) is 0 Å². The van der Waals surface area contributed by atoms with Crippen LogP contribution in [0, 0.1) is 6.92 Å². The third-order valence-corrected chi connectivity index (χ3v) is 2.73. The van der Waals surface area contributed by atoms with Crippen LogP contribution in [-0.2, 0) is 4.79 Å². The highest BCUT2D eigenvalue weighted by molar-refractivity contribution is 6.00. The fourth-order valence-electron chi connectivity index (χ4n) is 1.86. The first kappa shape index (κ1) is 12.9. The number of H-pyrrole nitrogens is 1. The molecular formula is C11H14N4O4. The molecule has 0 saturated carbocycles. The predicted molar refractivity (Wildman–Crippen MR) is 66.1 cm³/mol. The van der Waals surface area contributed by atoms with Gasteiger partial charge < -0.3 is 25.6 Å². The molecule has 1 aliphatic heterocycles. The molecule has 19 heavy (non-hydrogen) atoms. The highest BCUT2D eigenvalue weighted by Crippen LogP contribution is 2.17. The van der Waals surface area contributed by atoms with Crippen molar-refractivity contribution in [2.45, 2.75) is 6.92 Å². The molecule has 2 rings (SSSR count). The maximum atomic E-state index is 11.9. The predicted octanol–water partition coefficient (Wildman–Crippen LogP) is -0.0150. The van der Waals surface area contributed by atoms with Gasteiger partial charge in [-0.05, 0) is 13.0 Å². The number of carbonyl (C=O) groups is 3. The molecule has 0 bridgehead atoms. The number of amides is 3. The SMILES string of the molecule is Cc1cc(NC(=O)N2CCNC(=O)C2)c(C(=O)O)[nH]1. The van der Waals surface area contributed by atoms with Crippen molar-refractivity contribution in [1.29, 1.82) is 0 Å². The van der Waals surface area contributed by atoms with Crippen LogP contribution in [-0.4, -0.2) is 52.5 Å². The van der Waals surface area contributed by atoms with Crippen LogP contribution in [0.2, 0.25) is 0 Å². The first-order valence-electron chi connectivity index (χ1n) is 5.73. The number of piperazine rings is 1. The Morgan fingerprint density at radius 3 is 2.84 bits per heavy atom. The molecule has 0 atom stereocenters. The first-order valence-corrected chi connectivity index (χ1v) is 5.73. The average Bonchev–Trinajstić information content (AvgIpc) is 2.70. The van der Waals surface area contributed by atoms with Gasteiger partial charge in [0.2, 0.25) is 5.91 Å². The lowest BCUT2D eigenvalue weighted by Crippen LogP contribution is -2.51. The molecule has 102 valence electrons. The molecule has 1 aromatic heterocycles. The number of rotatable bonds is 2. The maximum Gasteiger partial charge on any atom is 0.354 e. The first-order chi connectivity index (χ1) is 8.97. The van der Waals surface area contributed by atoms with Crippen LogP contribution in [0.25, 0.3) is 0 Å². The summed E-state index contributed by atoms with van der Waals surface area (Å²) in [5.41, 5.74) is 0.748. The van der Waals surface area contributed by atoms with Gasteiger partial charge in [0.15, 0.2) is 0 Å². The van der Waals surface area contributed by atoms with E-state index in [1.165, 1.54) is 11.0 Å². The summed E-state index contributed by atoms with van der Waals surface area (Å²) in [6.45, 7) is 2.45. The number of aryl methyl sites for hydroxylation is 1. The van der Waals surface area contributed by atoms with Crippen molar-refractivity contribution >= 4 is 23.6 Å². The van der Waals surface area contributed by atoms with E-state index in [1.54, 1.807) is 6.92 Å². The van der Waals surface area contributed by atoms with E-state index in [-0.39, 0.29) is 23.8 Å². The summed E-state index contributed by atoms with van der Waals surface area (Å²) in [6.07, 6.45) is 0. The van der Waals surface area contributed by atoms with Gasteiger partial charge in [-0.2, -0.15) is 0 Å². The number of carbonyl (C=O) groups excluding carboxylic acids is 2. The molecule has 1 aliphatic rings. The molecule has 1 fully saturated rings. The molecule has 0 spiro atoms. The zero-order valence-electron chi connectivity index (χ0n) is 10.3. The van der Waals surface area contributed by atoms with Gasteiger partial charge in [-0.1, -0.05) is 0 Å². The molecule has 1 aromatic rings. The van der Waals surface area contributed by atoms with Crippen molar-refractivity contribution in [3.8, 4) is 0 Å². The van der Waals surface area contributed by atoms with Crippen molar-refractivity contribution < 1.29 is 19.5 Å². The van der Waals surface area contributed by atoms with Gasteiger partial charge in [0.05, 0.1) is 5.69 Å². The molecule has 1 saturated heterocycles. The van der Waals surface area contributed by atoms with E-state index < -0.39 is 12.0 Å². The smallest absolute Gasteiger partial charge is 0.354 e. The molecule has 3 amide bonds. The van der Waals surface area contributed by atoms with Crippen LogP contribution in [0.5, 0.6) is 0 Å². The monoisotopic (exact) mass is 266 g/mol. The largest absolute Gasteiger partial charge is 0.477 e. The molecule has 0 aromatic carbocycles. The van der Waals surface area contributed by atoms with Crippen molar-refractivity contribution in [1.82, 2.24) is 15.2 Å². The fourth-order valence-corrected chi connectivity index (χ4v) is 1.86. The number of nitrogens with one attached hydrogen (secondary N) is 3. The molecule has 4 N–H and O–H groups in total. The van der Waals surface area contributed by atoms with Crippen LogP contribution in [0.4, 0.5) is 10.5 Å². The average molecular weight is 266 g/mol. The zero-order valence-corrected chi connectivity index (χ0v) is 10.3. The van der Waals surface area contributed by atoms with Gasteiger partial charge in [0.1, 0.15) is 12.2 Å². The van der Waals surface area contributed by atoms with Crippen LogP contribution in [0.15, 0.2) is 6.07 Å². The highest BCUT2D eigenvalue weighted by Gasteiger charge is 2.23.